The molecule has 0 atom stereocenters. The van der Waals surface area contributed by atoms with Crippen molar-refractivity contribution in [3.63, 3.8) is 0 Å². The van der Waals surface area contributed by atoms with Gasteiger partial charge in [0.2, 0.25) is 0 Å². The summed E-state index contributed by atoms with van der Waals surface area (Å²) in [5.74, 6) is -0.913. The highest BCUT2D eigenvalue weighted by Crippen LogP contribution is 2.35. The molecule has 26 heavy (non-hydrogen) atoms. The van der Waals surface area contributed by atoms with Gasteiger partial charge in [-0.1, -0.05) is 30.3 Å². The lowest BCUT2D eigenvalue weighted by Crippen LogP contribution is -2.55. The van der Waals surface area contributed by atoms with E-state index in [2.05, 4.69) is 34.1 Å². The molecule has 2 aromatic carbocycles. The van der Waals surface area contributed by atoms with Crippen LogP contribution < -0.4 is 5.01 Å². The van der Waals surface area contributed by atoms with Gasteiger partial charge >= 0.3 is 5.97 Å². The number of fused-ring (bicyclic) bond motifs is 1. The maximum atomic E-state index is 11.4. The van der Waals surface area contributed by atoms with E-state index < -0.39 is 5.97 Å². The molecule has 0 bridgehead atoms. The van der Waals surface area contributed by atoms with Crippen molar-refractivity contribution in [2.75, 3.05) is 44.8 Å². The average molecular weight is 350 g/mol. The van der Waals surface area contributed by atoms with Crippen LogP contribution in [-0.4, -0.2) is 66.5 Å². The van der Waals surface area contributed by atoms with Crippen molar-refractivity contribution in [1.82, 2.24) is 9.91 Å². The number of carboxylic acids is 1. The predicted molar refractivity (Wildman–Crippen MR) is 102 cm³/mol. The average Bonchev–Trinajstić information content (AvgIpc) is 2.68. The molecule has 1 saturated heterocycles. The highest BCUT2D eigenvalue weighted by Gasteiger charge is 2.28. The molecule has 0 spiro atoms. The third-order valence-electron chi connectivity index (χ3n) is 4.98. The van der Waals surface area contributed by atoms with E-state index in [4.69, 9.17) is 4.99 Å². The quantitative estimate of drug-likeness (QED) is 0.922. The number of carbonyl (C=O) groups is 1. The van der Waals surface area contributed by atoms with Crippen LogP contribution in [0.25, 0.3) is 0 Å². The molecule has 0 amide bonds. The third kappa shape index (κ3) is 3.21. The van der Waals surface area contributed by atoms with Gasteiger partial charge in [-0.15, -0.1) is 0 Å². The minimum atomic E-state index is -0.913. The first-order valence-corrected chi connectivity index (χ1v) is 8.83. The number of piperazine rings is 1. The van der Waals surface area contributed by atoms with E-state index in [-0.39, 0.29) is 0 Å². The van der Waals surface area contributed by atoms with E-state index >= 15 is 0 Å². The van der Waals surface area contributed by atoms with E-state index in [9.17, 15) is 9.90 Å². The largest absolute Gasteiger partial charge is 0.478 e. The first kappa shape index (κ1) is 16.8. The van der Waals surface area contributed by atoms with Crippen LogP contribution in [-0.2, 0) is 0 Å². The van der Waals surface area contributed by atoms with Gasteiger partial charge in [0.05, 0.1) is 29.2 Å². The third-order valence-corrected chi connectivity index (χ3v) is 4.98. The Hall–Kier alpha value is -2.70. The smallest absolute Gasteiger partial charge is 0.335 e. The van der Waals surface area contributed by atoms with Gasteiger partial charge in [-0.3, -0.25) is 5.01 Å². The molecular formula is C20H22N4O2. The van der Waals surface area contributed by atoms with E-state index in [1.54, 1.807) is 12.1 Å². The summed E-state index contributed by atoms with van der Waals surface area (Å²) in [6, 6.07) is 15.3. The summed E-state index contributed by atoms with van der Waals surface area (Å²) in [7, 11) is 2.13. The summed E-state index contributed by atoms with van der Waals surface area (Å²) < 4.78 is 0. The fraction of sp³-hybridized carbons (Fsp3) is 0.300. The van der Waals surface area contributed by atoms with E-state index in [0.717, 1.165) is 48.8 Å². The van der Waals surface area contributed by atoms with Crippen LogP contribution in [0.5, 0.6) is 0 Å². The summed E-state index contributed by atoms with van der Waals surface area (Å²) in [4.78, 5) is 18.6. The van der Waals surface area contributed by atoms with E-state index in [1.807, 2.05) is 24.3 Å². The second kappa shape index (κ2) is 6.90. The van der Waals surface area contributed by atoms with Gasteiger partial charge in [-0.25, -0.2) is 14.8 Å². The van der Waals surface area contributed by atoms with Crippen molar-refractivity contribution in [2.45, 2.75) is 0 Å². The Bertz CT molecular complexity index is 842. The summed E-state index contributed by atoms with van der Waals surface area (Å²) in [6.07, 6.45) is 0. The summed E-state index contributed by atoms with van der Waals surface area (Å²) >= 11 is 0. The van der Waals surface area contributed by atoms with Crippen LogP contribution in [0.2, 0.25) is 0 Å². The van der Waals surface area contributed by atoms with Crippen LogP contribution >= 0.6 is 0 Å². The van der Waals surface area contributed by atoms with Crippen molar-refractivity contribution in [1.29, 1.82) is 0 Å². The number of likely N-dealkylation sites (N-methyl/N-ethyl adjacent to an activating group) is 1. The monoisotopic (exact) mass is 350 g/mol. The minimum absolute atomic E-state index is 0.293. The molecule has 0 aromatic heterocycles. The van der Waals surface area contributed by atoms with Gasteiger partial charge in [0.1, 0.15) is 0 Å². The summed E-state index contributed by atoms with van der Waals surface area (Å²) in [6.45, 7) is 4.44. The number of aliphatic imine (C=N–C) groups is 1. The molecule has 2 aromatic rings. The Balaban J connectivity index is 1.75. The highest BCUT2D eigenvalue weighted by molar-refractivity contribution is 6.07. The zero-order valence-corrected chi connectivity index (χ0v) is 14.8. The van der Waals surface area contributed by atoms with Gasteiger partial charge in [0, 0.05) is 26.2 Å². The first-order valence-electron chi connectivity index (χ1n) is 8.83. The van der Waals surface area contributed by atoms with Crippen LogP contribution in [0.4, 0.5) is 11.4 Å². The van der Waals surface area contributed by atoms with Gasteiger partial charge in [-0.05, 0) is 30.8 Å². The molecule has 0 saturated carbocycles. The lowest BCUT2D eigenvalue weighted by atomic mass is 10.1. The fourth-order valence-electron chi connectivity index (χ4n) is 3.44. The molecule has 6 nitrogen and oxygen atoms in total. The molecule has 6 heteroatoms. The number of hydrogen-bond donors (Lipinski definition) is 1. The molecule has 1 fully saturated rings. The van der Waals surface area contributed by atoms with Crippen molar-refractivity contribution in [2.24, 2.45) is 4.99 Å². The Kier molecular flexibility index (Phi) is 4.44. The molecule has 0 aliphatic carbocycles. The predicted octanol–water partition coefficient (Wildman–Crippen LogP) is 2.49. The molecule has 1 N–H and O–H groups in total. The van der Waals surface area contributed by atoms with E-state index in [1.165, 1.54) is 0 Å². The van der Waals surface area contributed by atoms with Gasteiger partial charge in [0.25, 0.3) is 0 Å². The van der Waals surface area contributed by atoms with Crippen LogP contribution in [0.3, 0.4) is 0 Å². The number of anilines is 1. The summed E-state index contributed by atoms with van der Waals surface area (Å²) in [5.41, 5.74) is 4.08. The number of rotatable bonds is 3. The van der Waals surface area contributed by atoms with Crippen molar-refractivity contribution < 1.29 is 9.90 Å². The first-order chi connectivity index (χ1) is 12.6. The van der Waals surface area contributed by atoms with Crippen LogP contribution in [0, 0.1) is 0 Å². The molecule has 0 radical (unpaired) electrons. The number of nitrogens with zero attached hydrogens (tertiary/aromatic N) is 4. The normalized spacial score (nSPS) is 18.3. The number of hydrogen-bond acceptors (Lipinski definition) is 5. The lowest BCUT2D eigenvalue weighted by Gasteiger charge is -2.43. The fourth-order valence-corrected chi connectivity index (χ4v) is 3.44. The van der Waals surface area contributed by atoms with Crippen LogP contribution in [0.15, 0.2) is 53.5 Å². The molecule has 2 aliphatic rings. The molecule has 0 unspecified atom stereocenters. The lowest BCUT2D eigenvalue weighted by molar-refractivity contribution is 0.0697. The maximum Gasteiger partial charge on any atom is 0.335 e. The van der Waals surface area contributed by atoms with E-state index in [0.29, 0.717) is 12.1 Å². The molecule has 134 valence electrons. The highest BCUT2D eigenvalue weighted by atomic mass is 16.4. The van der Waals surface area contributed by atoms with Gasteiger partial charge in [-0.2, -0.15) is 0 Å². The standard InChI is InChI=1S/C20H22N4O2/c1-22-9-11-23(12-10-22)24-14-18(15-5-3-2-4-6-15)21-17-8-7-16(20(25)26)13-19(17)24/h2-8,13H,9-12,14H2,1H3,(H,25,26). The SMILES string of the molecule is CN1CCN(N2CC(c3ccccc3)=Nc3ccc(C(=O)O)cc32)CC1. The second-order valence-electron chi connectivity index (χ2n) is 6.75. The molecule has 2 aliphatic heterocycles. The van der Waals surface area contributed by atoms with Gasteiger partial charge in [0.15, 0.2) is 0 Å². The number of hydrazine groups is 1. The number of carboxylic acid groups (broad SMARTS) is 1. The minimum Gasteiger partial charge on any atom is -0.478 e. The molecule has 2 heterocycles. The molecule has 4 rings (SSSR count). The Morgan fingerprint density at radius 1 is 1.04 bits per heavy atom. The topological polar surface area (TPSA) is 59.4 Å². The van der Waals surface area contributed by atoms with Crippen LogP contribution in [0.1, 0.15) is 15.9 Å². The molecular weight excluding hydrogens is 328 g/mol. The zero-order chi connectivity index (χ0) is 18.1. The van der Waals surface area contributed by atoms with Crippen molar-refractivity contribution in [3.05, 3.63) is 59.7 Å². The Morgan fingerprint density at radius 3 is 2.46 bits per heavy atom. The van der Waals surface area contributed by atoms with Gasteiger partial charge < -0.3 is 10.0 Å². The second-order valence-corrected chi connectivity index (χ2v) is 6.75. The van der Waals surface area contributed by atoms with Crippen molar-refractivity contribution >= 4 is 23.1 Å². The number of aromatic carboxylic acids is 1. The number of benzene rings is 2. The van der Waals surface area contributed by atoms with Crippen molar-refractivity contribution in [3.8, 4) is 0 Å². The Morgan fingerprint density at radius 2 is 1.77 bits per heavy atom. The Labute approximate surface area is 152 Å². The summed E-state index contributed by atoms with van der Waals surface area (Å²) in [5, 5.41) is 13.9. The zero-order valence-electron chi connectivity index (χ0n) is 14.8. The maximum absolute atomic E-state index is 11.4.